The van der Waals surface area contributed by atoms with Gasteiger partial charge in [-0.2, -0.15) is 0 Å². The first-order valence-electron chi connectivity index (χ1n) is 4.35. The Hall–Kier alpha value is -0.0800. The Bertz CT molecular complexity index is 79.3. The van der Waals surface area contributed by atoms with Crippen LogP contribution < -0.4 is 10.6 Å². The van der Waals surface area contributed by atoms with Gasteiger partial charge in [0.25, 0.3) is 0 Å². The van der Waals surface area contributed by atoms with Gasteiger partial charge in [-0.05, 0) is 31.8 Å². The molecule has 60 valence electrons. The van der Waals surface area contributed by atoms with Crippen molar-refractivity contribution in [3.8, 4) is 0 Å². The largest absolute Gasteiger partial charge is 0.305 e. The highest BCUT2D eigenvalue weighted by atomic mass is 15.0. The first-order chi connectivity index (χ1) is 4.93. The van der Waals surface area contributed by atoms with Gasteiger partial charge in [-0.1, -0.05) is 13.3 Å². The van der Waals surface area contributed by atoms with Crippen molar-refractivity contribution in [3.63, 3.8) is 0 Å². The molecule has 0 heterocycles. The van der Waals surface area contributed by atoms with E-state index >= 15 is 0 Å². The maximum atomic E-state index is 3.38. The van der Waals surface area contributed by atoms with Gasteiger partial charge in [0.2, 0.25) is 0 Å². The molecule has 2 heteroatoms. The second kappa shape index (κ2) is 4.69. The molecule has 1 aliphatic rings. The molecule has 0 amide bonds. The van der Waals surface area contributed by atoms with E-state index in [0.717, 1.165) is 19.1 Å². The number of hydrogen-bond acceptors (Lipinski definition) is 2. The standard InChI is InChI=1S/C8H18N2/c1-2-9-7-10-6-8-4-3-5-8/h8-10H,2-7H2,1H3. The lowest BCUT2D eigenvalue weighted by molar-refractivity contribution is 0.299. The summed E-state index contributed by atoms with van der Waals surface area (Å²) in [6.45, 7) is 5.39. The maximum absolute atomic E-state index is 3.38. The molecule has 0 bridgehead atoms. The molecule has 0 spiro atoms. The van der Waals surface area contributed by atoms with Crippen molar-refractivity contribution in [1.82, 2.24) is 10.6 Å². The van der Waals surface area contributed by atoms with Gasteiger partial charge in [-0.25, -0.2) is 0 Å². The molecular weight excluding hydrogens is 124 g/mol. The molecule has 10 heavy (non-hydrogen) atoms. The number of nitrogens with one attached hydrogen (secondary N) is 2. The highest BCUT2D eigenvalue weighted by Crippen LogP contribution is 2.24. The molecular formula is C8H18N2. The van der Waals surface area contributed by atoms with Crippen LogP contribution in [0.25, 0.3) is 0 Å². The smallest absolute Gasteiger partial charge is 0.0454 e. The second-order valence-corrected chi connectivity index (χ2v) is 3.03. The molecule has 1 saturated carbocycles. The van der Waals surface area contributed by atoms with Gasteiger partial charge in [-0.3, -0.25) is 0 Å². The van der Waals surface area contributed by atoms with E-state index in [1.165, 1.54) is 25.8 Å². The monoisotopic (exact) mass is 142 g/mol. The topological polar surface area (TPSA) is 24.1 Å². The highest BCUT2D eigenvalue weighted by molar-refractivity contribution is 4.70. The quantitative estimate of drug-likeness (QED) is 0.441. The minimum atomic E-state index is 0.979. The van der Waals surface area contributed by atoms with Crippen molar-refractivity contribution < 1.29 is 0 Å². The summed E-state index contributed by atoms with van der Waals surface area (Å²) in [5.41, 5.74) is 0. The Morgan fingerprint density at radius 2 is 2.10 bits per heavy atom. The lowest BCUT2D eigenvalue weighted by Gasteiger charge is -2.25. The molecule has 0 aromatic heterocycles. The van der Waals surface area contributed by atoms with Gasteiger partial charge < -0.3 is 10.6 Å². The van der Waals surface area contributed by atoms with E-state index in [2.05, 4.69) is 17.6 Å². The van der Waals surface area contributed by atoms with Crippen molar-refractivity contribution in [3.05, 3.63) is 0 Å². The van der Waals surface area contributed by atoms with E-state index in [4.69, 9.17) is 0 Å². The molecule has 0 aromatic rings. The van der Waals surface area contributed by atoms with Crippen LogP contribution in [0.4, 0.5) is 0 Å². The summed E-state index contributed by atoms with van der Waals surface area (Å²) in [4.78, 5) is 0. The van der Waals surface area contributed by atoms with E-state index in [-0.39, 0.29) is 0 Å². The minimum Gasteiger partial charge on any atom is -0.305 e. The SMILES string of the molecule is CCNCNCC1CCC1. The van der Waals surface area contributed by atoms with Crippen LogP contribution in [0.3, 0.4) is 0 Å². The van der Waals surface area contributed by atoms with Crippen LogP contribution in [-0.4, -0.2) is 19.8 Å². The zero-order chi connectivity index (χ0) is 7.23. The molecule has 2 N–H and O–H groups in total. The molecule has 1 aliphatic carbocycles. The molecule has 0 aliphatic heterocycles. The predicted molar refractivity (Wildman–Crippen MR) is 43.9 cm³/mol. The summed E-state index contributed by atoms with van der Waals surface area (Å²) in [6.07, 6.45) is 4.34. The third-order valence-corrected chi connectivity index (χ3v) is 2.16. The van der Waals surface area contributed by atoms with Crippen LogP contribution in [0.5, 0.6) is 0 Å². The average Bonchev–Trinajstić information content (AvgIpc) is 1.84. The molecule has 0 unspecified atom stereocenters. The van der Waals surface area contributed by atoms with Crippen LogP contribution in [0.2, 0.25) is 0 Å². The van der Waals surface area contributed by atoms with Crippen LogP contribution in [0.1, 0.15) is 26.2 Å². The predicted octanol–water partition coefficient (Wildman–Crippen LogP) is 0.943. The van der Waals surface area contributed by atoms with Gasteiger partial charge in [0, 0.05) is 6.67 Å². The second-order valence-electron chi connectivity index (χ2n) is 3.03. The molecule has 0 aromatic carbocycles. The summed E-state index contributed by atoms with van der Waals surface area (Å²) in [5, 5.41) is 6.62. The zero-order valence-corrected chi connectivity index (χ0v) is 6.82. The fourth-order valence-corrected chi connectivity index (χ4v) is 1.19. The third-order valence-electron chi connectivity index (χ3n) is 2.16. The van der Waals surface area contributed by atoms with Crippen LogP contribution in [0.15, 0.2) is 0 Å². The van der Waals surface area contributed by atoms with E-state index in [9.17, 15) is 0 Å². The lowest BCUT2D eigenvalue weighted by atomic mass is 9.85. The number of rotatable bonds is 5. The van der Waals surface area contributed by atoms with Crippen molar-refractivity contribution >= 4 is 0 Å². The van der Waals surface area contributed by atoms with E-state index in [1.54, 1.807) is 0 Å². The Balaban J connectivity index is 1.76. The Morgan fingerprint density at radius 3 is 2.60 bits per heavy atom. The van der Waals surface area contributed by atoms with Crippen LogP contribution >= 0.6 is 0 Å². The molecule has 0 saturated heterocycles. The first-order valence-corrected chi connectivity index (χ1v) is 4.35. The summed E-state index contributed by atoms with van der Waals surface area (Å²) in [7, 11) is 0. The highest BCUT2D eigenvalue weighted by Gasteiger charge is 2.15. The normalized spacial score (nSPS) is 18.9. The van der Waals surface area contributed by atoms with E-state index < -0.39 is 0 Å². The molecule has 1 fully saturated rings. The molecule has 0 radical (unpaired) electrons. The van der Waals surface area contributed by atoms with Gasteiger partial charge in [0.05, 0.1) is 0 Å². The fourth-order valence-electron chi connectivity index (χ4n) is 1.19. The van der Waals surface area contributed by atoms with Gasteiger partial charge in [0.1, 0.15) is 0 Å². The Labute approximate surface area is 63.4 Å². The van der Waals surface area contributed by atoms with Crippen molar-refractivity contribution in [2.24, 2.45) is 5.92 Å². The van der Waals surface area contributed by atoms with Gasteiger partial charge >= 0.3 is 0 Å². The Kier molecular flexibility index (Phi) is 3.76. The van der Waals surface area contributed by atoms with E-state index in [1.807, 2.05) is 0 Å². The lowest BCUT2D eigenvalue weighted by Crippen LogP contribution is -2.34. The maximum Gasteiger partial charge on any atom is 0.0454 e. The average molecular weight is 142 g/mol. The van der Waals surface area contributed by atoms with Gasteiger partial charge in [-0.15, -0.1) is 0 Å². The Morgan fingerprint density at radius 1 is 1.30 bits per heavy atom. The molecule has 1 rings (SSSR count). The van der Waals surface area contributed by atoms with Crippen molar-refractivity contribution in [2.75, 3.05) is 19.8 Å². The molecule has 2 nitrogen and oxygen atoms in total. The first kappa shape index (κ1) is 8.02. The van der Waals surface area contributed by atoms with Crippen LogP contribution in [-0.2, 0) is 0 Å². The van der Waals surface area contributed by atoms with Gasteiger partial charge in [0.15, 0.2) is 0 Å². The third kappa shape index (κ3) is 2.67. The van der Waals surface area contributed by atoms with Crippen LogP contribution in [0, 0.1) is 5.92 Å². The summed E-state index contributed by atoms with van der Waals surface area (Å²) in [6, 6.07) is 0. The zero-order valence-electron chi connectivity index (χ0n) is 6.82. The number of hydrogen-bond donors (Lipinski definition) is 2. The van der Waals surface area contributed by atoms with Crippen molar-refractivity contribution in [2.45, 2.75) is 26.2 Å². The molecule has 0 atom stereocenters. The van der Waals surface area contributed by atoms with Crippen molar-refractivity contribution in [1.29, 1.82) is 0 Å². The summed E-state index contributed by atoms with van der Waals surface area (Å²) >= 11 is 0. The summed E-state index contributed by atoms with van der Waals surface area (Å²) < 4.78 is 0. The minimum absolute atomic E-state index is 0.979. The summed E-state index contributed by atoms with van der Waals surface area (Å²) in [5.74, 6) is 0.985. The fraction of sp³-hybridized carbons (Fsp3) is 1.00. The van der Waals surface area contributed by atoms with E-state index in [0.29, 0.717) is 0 Å².